The van der Waals surface area contributed by atoms with Gasteiger partial charge in [0, 0.05) is 13.0 Å². The summed E-state index contributed by atoms with van der Waals surface area (Å²) in [6.45, 7) is 6.92. The summed E-state index contributed by atoms with van der Waals surface area (Å²) in [6.07, 6.45) is 0. The number of anilines is 1. The van der Waals surface area contributed by atoms with Crippen LogP contribution in [0.3, 0.4) is 0 Å². The lowest BCUT2D eigenvalue weighted by atomic mass is 10.1. The maximum atomic E-state index is 11.9. The molecule has 7 nitrogen and oxygen atoms in total. The Labute approximate surface area is 110 Å². The Morgan fingerprint density at radius 3 is 2.39 bits per heavy atom. The number of nitrogens with zero attached hydrogens (tertiary/aromatic N) is 2. The molecule has 9 heteroatoms. The average Bonchev–Trinajstić information content (AvgIpc) is 2.64. The van der Waals surface area contributed by atoms with E-state index >= 15 is 0 Å². The van der Waals surface area contributed by atoms with E-state index in [0.29, 0.717) is 0 Å². The number of carbonyl (C=O) groups is 1. The van der Waals surface area contributed by atoms with E-state index in [1.165, 1.54) is 6.92 Å². The van der Waals surface area contributed by atoms with Gasteiger partial charge < -0.3 is 5.32 Å². The summed E-state index contributed by atoms with van der Waals surface area (Å²) in [6, 6.07) is -0.205. The Balaban J connectivity index is 2.85. The Bertz CT molecular complexity index is 524. The molecule has 0 aliphatic heterocycles. The minimum absolute atomic E-state index is 0.154. The van der Waals surface area contributed by atoms with Crippen LogP contribution >= 0.6 is 11.3 Å². The lowest BCUT2D eigenvalue weighted by molar-refractivity contribution is -0.114. The summed E-state index contributed by atoms with van der Waals surface area (Å²) < 4.78 is 26.2. The molecule has 1 aromatic rings. The van der Waals surface area contributed by atoms with E-state index < -0.39 is 10.0 Å². The van der Waals surface area contributed by atoms with Crippen molar-refractivity contribution in [3.8, 4) is 0 Å². The molecule has 0 radical (unpaired) electrons. The highest BCUT2D eigenvalue weighted by atomic mass is 32.2. The number of amides is 1. The van der Waals surface area contributed by atoms with Crippen LogP contribution in [-0.4, -0.2) is 30.6 Å². The molecule has 0 saturated carbocycles. The van der Waals surface area contributed by atoms with E-state index in [1.54, 1.807) is 6.92 Å². The van der Waals surface area contributed by atoms with Gasteiger partial charge in [0.15, 0.2) is 0 Å². The van der Waals surface area contributed by atoms with E-state index in [1.807, 2.05) is 13.8 Å². The molecule has 0 aromatic carbocycles. The molecular formula is C9H16N4O3S2. The van der Waals surface area contributed by atoms with Crippen molar-refractivity contribution >= 4 is 32.4 Å². The number of hydrogen-bond donors (Lipinski definition) is 2. The number of hydrogen-bond acceptors (Lipinski definition) is 6. The quantitative estimate of drug-likeness (QED) is 0.782. The zero-order valence-electron chi connectivity index (χ0n) is 10.6. The normalized spacial score (nSPS) is 13.6. The largest absolute Gasteiger partial charge is 0.301 e. The molecule has 0 saturated heterocycles. The summed E-state index contributed by atoms with van der Waals surface area (Å²) in [4.78, 5) is 10.8. The Morgan fingerprint density at radius 2 is 1.89 bits per heavy atom. The van der Waals surface area contributed by atoms with E-state index in [-0.39, 0.29) is 27.3 Å². The lowest BCUT2D eigenvalue weighted by Gasteiger charge is -2.15. The van der Waals surface area contributed by atoms with Crippen LogP contribution in [-0.2, 0) is 14.8 Å². The van der Waals surface area contributed by atoms with Gasteiger partial charge >= 0.3 is 0 Å². The molecule has 1 heterocycles. The predicted octanol–water partition coefficient (Wildman–Crippen LogP) is 0.819. The first-order chi connectivity index (χ1) is 8.22. The fraction of sp³-hybridized carbons (Fsp3) is 0.667. The fourth-order valence-corrected chi connectivity index (χ4v) is 3.30. The molecule has 102 valence electrons. The first-order valence-corrected chi connectivity index (χ1v) is 7.65. The average molecular weight is 292 g/mol. The van der Waals surface area contributed by atoms with Crippen molar-refractivity contribution in [2.75, 3.05) is 5.32 Å². The van der Waals surface area contributed by atoms with Crippen molar-refractivity contribution in [3.05, 3.63) is 0 Å². The van der Waals surface area contributed by atoms with E-state index in [4.69, 9.17) is 0 Å². The van der Waals surface area contributed by atoms with E-state index in [9.17, 15) is 13.2 Å². The summed E-state index contributed by atoms with van der Waals surface area (Å²) in [5, 5.41) is 9.70. The smallest absolute Gasteiger partial charge is 0.270 e. The Morgan fingerprint density at radius 1 is 1.28 bits per heavy atom. The van der Waals surface area contributed by atoms with Crippen molar-refractivity contribution in [2.45, 2.75) is 38.1 Å². The summed E-state index contributed by atoms with van der Waals surface area (Å²) in [5.74, 6) is -0.152. The molecule has 2 N–H and O–H groups in total. The van der Waals surface area contributed by atoms with Crippen molar-refractivity contribution in [1.29, 1.82) is 0 Å². The number of carbonyl (C=O) groups excluding carboxylic acids is 1. The SMILES string of the molecule is CC(=O)Nc1nnc(S(=O)(=O)N[C@H](C)C(C)C)s1. The molecule has 0 aliphatic carbocycles. The van der Waals surface area contributed by atoms with E-state index in [0.717, 1.165) is 11.3 Å². The van der Waals surface area contributed by atoms with Crippen molar-refractivity contribution in [2.24, 2.45) is 5.92 Å². The highest BCUT2D eigenvalue weighted by Gasteiger charge is 2.23. The van der Waals surface area contributed by atoms with Gasteiger partial charge in [-0.3, -0.25) is 4.79 Å². The lowest BCUT2D eigenvalue weighted by Crippen LogP contribution is -2.36. The van der Waals surface area contributed by atoms with Crippen molar-refractivity contribution in [3.63, 3.8) is 0 Å². The minimum atomic E-state index is -3.68. The third-order valence-corrected chi connectivity index (χ3v) is 5.03. The first-order valence-electron chi connectivity index (χ1n) is 5.36. The molecule has 0 unspecified atom stereocenters. The second-order valence-electron chi connectivity index (χ2n) is 4.21. The number of nitrogens with one attached hydrogen (secondary N) is 2. The molecular weight excluding hydrogens is 276 g/mol. The van der Waals surface area contributed by atoms with Gasteiger partial charge in [-0.2, -0.15) is 0 Å². The molecule has 1 rings (SSSR count). The molecule has 0 fully saturated rings. The highest BCUT2D eigenvalue weighted by molar-refractivity contribution is 7.91. The fourth-order valence-electron chi connectivity index (χ4n) is 0.951. The first kappa shape index (κ1) is 15.0. The second kappa shape index (κ2) is 5.72. The van der Waals surface area contributed by atoms with Gasteiger partial charge in [0.1, 0.15) is 0 Å². The zero-order valence-corrected chi connectivity index (χ0v) is 12.2. The van der Waals surface area contributed by atoms with Crippen molar-refractivity contribution in [1.82, 2.24) is 14.9 Å². The second-order valence-corrected chi connectivity index (χ2v) is 7.07. The topological polar surface area (TPSA) is 101 Å². The molecule has 18 heavy (non-hydrogen) atoms. The molecule has 1 aromatic heterocycles. The Kier molecular flexibility index (Phi) is 4.77. The molecule has 0 spiro atoms. The number of aromatic nitrogens is 2. The van der Waals surface area contributed by atoms with Gasteiger partial charge in [0.25, 0.3) is 10.0 Å². The monoisotopic (exact) mass is 292 g/mol. The standard InChI is InChI=1S/C9H16N4O3S2/c1-5(2)6(3)13-18(15,16)9-12-11-8(17-9)10-7(4)14/h5-6,13H,1-4H3,(H,10,11,14)/t6-/m1/s1. The van der Waals surface area contributed by atoms with Crippen LogP contribution in [0.2, 0.25) is 0 Å². The molecule has 1 amide bonds. The van der Waals surface area contributed by atoms with Crippen LogP contribution in [0.4, 0.5) is 5.13 Å². The van der Waals surface area contributed by atoms with Gasteiger partial charge in [0.2, 0.25) is 15.4 Å². The van der Waals surface area contributed by atoms with Gasteiger partial charge in [-0.05, 0) is 12.8 Å². The number of sulfonamides is 1. The summed E-state index contributed by atoms with van der Waals surface area (Å²) in [5.41, 5.74) is 0. The molecule has 0 aliphatic rings. The zero-order chi connectivity index (χ0) is 13.9. The van der Waals surface area contributed by atoms with Crippen LogP contribution in [0.25, 0.3) is 0 Å². The van der Waals surface area contributed by atoms with Crippen LogP contribution in [0.5, 0.6) is 0 Å². The predicted molar refractivity (Wildman–Crippen MR) is 68.8 cm³/mol. The summed E-state index contributed by atoms with van der Waals surface area (Å²) >= 11 is 0.817. The minimum Gasteiger partial charge on any atom is -0.301 e. The maximum Gasteiger partial charge on any atom is 0.270 e. The van der Waals surface area contributed by atoms with Gasteiger partial charge in [-0.1, -0.05) is 25.2 Å². The third-order valence-electron chi connectivity index (χ3n) is 2.26. The third kappa shape index (κ3) is 4.00. The van der Waals surface area contributed by atoms with Gasteiger partial charge in [-0.15, -0.1) is 10.2 Å². The molecule has 1 atom stereocenters. The van der Waals surface area contributed by atoms with Crippen LogP contribution in [0.15, 0.2) is 4.34 Å². The van der Waals surface area contributed by atoms with Crippen LogP contribution in [0, 0.1) is 5.92 Å². The van der Waals surface area contributed by atoms with Crippen LogP contribution in [0.1, 0.15) is 27.7 Å². The van der Waals surface area contributed by atoms with Crippen molar-refractivity contribution < 1.29 is 13.2 Å². The number of rotatable bonds is 5. The van der Waals surface area contributed by atoms with E-state index in [2.05, 4.69) is 20.2 Å². The van der Waals surface area contributed by atoms with Gasteiger partial charge in [-0.25, -0.2) is 13.1 Å². The Hall–Kier alpha value is -1.06. The maximum absolute atomic E-state index is 11.9. The highest BCUT2D eigenvalue weighted by Crippen LogP contribution is 2.20. The molecule has 0 bridgehead atoms. The van der Waals surface area contributed by atoms with Gasteiger partial charge in [0.05, 0.1) is 0 Å². The van der Waals surface area contributed by atoms with Crippen LogP contribution < -0.4 is 10.0 Å². The summed E-state index contributed by atoms with van der Waals surface area (Å²) in [7, 11) is -3.68.